The average molecular weight is 211 g/mol. The van der Waals surface area contributed by atoms with E-state index in [1.165, 1.54) is 0 Å². The van der Waals surface area contributed by atoms with Crippen molar-refractivity contribution in [1.82, 2.24) is 24.5 Å². The van der Waals surface area contributed by atoms with Gasteiger partial charge in [-0.25, -0.2) is 9.97 Å². The van der Waals surface area contributed by atoms with Crippen molar-refractivity contribution in [3.8, 4) is 11.4 Å². The molecule has 3 rings (SSSR count). The van der Waals surface area contributed by atoms with Gasteiger partial charge in [-0.1, -0.05) is 0 Å². The molecule has 0 N–H and O–H groups in total. The third-order valence-electron chi connectivity index (χ3n) is 2.39. The van der Waals surface area contributed by atoms with Gasteiger partial charge in [0.05, 0.1) is 12.4 Å². The zero-order valence-corrected chi connectivity index (χ0v) is 8.70. The lowest BCUT2D eigenvalue weighted by Crippen LogP contribution is -1.93. The van der Waals surface area contributed by atoms with E-state index < -0.39 is 0 Å². The van der Waals surface area contributed by atoms with Gasteiger partial charge in [0.25, 0.3) is 0 Å². The molecule has 78 valence electrons. The van der Waals surface area contributed by atoms with Gasteiger partial charge >= 0.3 is 0 Å². The largest absolute Gasteiger partial charge is 0.334 e. The van der Waals surface area contributed by atoms with Crippen molar-refractivity contribution in [2.75, 3.05) is 0 Å². The summed E-state index contributed by atoms with van der Waals surface area (Å²) in [7, 11) is 1.94. The minimum Gasteiger partial charge on any atom is -0.334 e. The van der Waals surface area contributed by atoms with Crippen LogP contribution in [0, 0.1) is 0 Å². The van der Waals surface area contributed by atoms with E-state index in [1.54, 1.807) is 24.8 Å². The van der Waals surface area contributed by atoms with E-state index in [4.69, 9.17) is 0 Å². The van der Waals surface area contributed by atoms with Crippen molar-refractivity contribution < 1.29 is 0 Å². The first-order valence-corrected chi connectivity index (χ1v) is 4.89. The monoisotopic (exact) mass is 211 g/mol. The highest BCUT2D eigenvalue weighted by atomic mass is 15.0. The number of hydrogen-bond donors (Lipinski definition) is 0. The molecule has 3 aromatic rings. The van der Waals surface area contributed by atoms with Gasteiger partial charge in [-0.15, -0.1) is 0 Å². The SMILES string of the molecule is Cn1ccc2nc(-c3cnccn3)cnc21. The van der Waals surface area contributed by atoms with Crippen LogP contribution in [0.15, 0.2) is 37.1 Å². The first-order chi connectivity index (χ1) is 7.84. The van der Waals surface area contributed by atoms with Crippen molar-refractivity contribution >= 4 is 11.2 Å². The molecule has 0 aromatic carbocycles. The van der Waals surface area contributed by atoms with E-state index in [0.717, 1.165) is 22.6 Å². The summed E-state index contributed by atoms with van der Waals surface area (Å²) < 4.78 is 1.93. The molecule has 0 bridgehead atoms. The summed E-state index contributed by atoms with van der Waals surface area (Å²) >= 11 is 0. The zero-order chi connectivity index (χ0) is 11.0. The van der Waals surface area contributed by atoms with Crippen LogP contribution < -0.4 is 0 Å². The van der Waals surface area contributed by atoms with E-state index in [2.05, 4.69) is 19.9 Å². The van der Waals surface area contributed by atoms with Gasteiger partial charge in [0.15, 0.2) is 5.65 Å². The first kappa shape index (κ1) is 8.96. The summed E-state index contributed by atoms with van der Waals surface area (Å²) in [6.07, 6.45) is 8.61. The summed E-state index contributed by atoms with van der Waals surface area (Å²) in [6.45, 7) is 0. The molecule has 0 fully saturated rings. The summed E-state index contributed by atoms with van der Waals surface area (Å²) in [6, 6.07) is 1.93. The second kappa shape index (κ2) is 3.37. The maximum Gasteiger partial charge on any atom is 0.158 e. The molecule has 0 aliphatic rings. The third kappa shape index (κ3) is 1.33. The number of hydrogen-bond acceptors (Lipinski definition) is 4. The van der Waals surface area contributed by atoms with Crippen molar-refractivity contribution in [3.63, 3.8) is 0 Å². The Morgan fingerprint density at radius 2 is 2.00 bits per heavy atom. The number of aromatic nitrogens is 5. The van der Waals surface area contributed by atoms with Crippen LogP contribution in [0.4, 0.5) is 0 Å². The Kier molecular flexibility index (Phi) is 1.89. The van der Waals surface area contributed by atoms with Crippen molar-refractivity contribution in [1.29, 1.82) is 0 Å². The van der Waals surface area contributed by atoms with Gasteiger partial charge in [-0.05, 0) is 6.07 Å². The van der Waals surface area contributed by atoms with E-state index in [-0.39, 0.29) is 0 Å². The normalized spacial score (nSPS) is 10.8. The minimum absolute atomic E-state index is 0.737. The molecule has 3 heterocycles. The standard InChI is InChI=1S/C11H9N5/c1-16-5-2-8-11(16)14-7-10(15-8)9-6-12-3-4-13-9/h2-7H,1H3. The van der Waals surface area contributed by atoms with Crippen LogP contribution in [-0.2, 0) is 7.05 Å². The van der Waals surface area contributed by atoms with Crippen LogP contribution in [0.5, 0.6) is 0 Å². The lowest BCUT2D eigenvalue weighted by atomic mass is 10.3. The molecule has 0 unspecified atom stereocenters. The average Bonchev–Trinajstić information content (AvgIpc) is 2.72. The molecule has 0 amide bonds. The van der Waals surface area contributed by atoms with Gasteiger partial charge in [0, 0.05) is 25.6 Å². The van der Waals surface area contributed by atoms with Gasteiger partial charge < -0.3 is 4.57 Å². The van der Waals surface area contributed by atoms with Gasteiger partial charge in [0.1, 0.15) is 16.9 Å². The predicted molar refractivity (Wildman–Crippen MR) is 59.5 cm³/mol. The third-order valence-corrected chi connectivity index (χ3v) is 2.39. The van der Waals surface area contributed by atoms with Gasteiger partial charge in [-0.2, -0.15) is 0 Å². The Morgan fingerprint density at radius 1 is 1.06 bits per heavy atom. The molecule has 0 aliphatic carbocycles. The number of rotatable bonds is 1. The molecule has 5 nitrogen and oxygen atoms in total. The molecule has 0 spiro atoms. The topological polar surface area (TPSA) is 56.5 Å². The highest BCUT2D eigenvalue weighted by Crippen LogP contribution is 2.16. The Balaban J connectivity index is 2.19. The Bertz CT molecular complexity index is 629. The number of aryl methyl sites for hydroxylation is 1. The molecule has 0 saturated heterocycles. The molecular weight excluding hydrogens is 202 g/mol. The van der Waals surface area contributed by atoms with Crippen LogP contribution in [0.1, 0.15) is 0 Å². The fourth-order valence-corrected chi connectivity index (χ4v) is 1.59. The van der Waals surface area contributed by atoms with Crippen molar-refractivity contribution in [2.45, 2.75) is 0 Å². The summed E-state index contributed by atoms with van der Waals surface area (Å²) in [4.78, 5) is 17.0. The molecule has 16 heavy (non-hydrogen) atoms. The second-order valence-electron chi connectivity index (χ2n) is 3.48. The summed E-state index contributed by atoms with van der Waals surface area (Å²) in [5.41, 5.74) is 3.21. The first-order valence-electron chi connectivity index (χ1n) is 4.89. The van der Waals surface area contributed by atoms with Gasteiger partial charge in [-0.3, -0.25) is 9.97 Å². The summed E-state index contributed by atoms with van der Waals surface area (Å²) in [5, 5.41) is 0. The van der Waals surface area contributed by atoms with Crippen molar-refractivity contribution in [3.05, 3.63) is 37.1 Å². The molecule has 5 heteroatoms. The molecule has 3 aromatic heterocycles. The lowest BCUT2D eigenvalue weighted by molar-refractivity contribution is 0.946. The molecule has 0 saturated carbocycles. The number of nitrogens with zero attached hydrogens (tertiary/aromatic N) is 5. The Labute approximate surface area is 91.8 Å². The van der Waals surface area contributed by atoms with Crippen molar-refractivity contribution in [2.24, 2.45) is 7.05 Å². The van der Waals surface area contributed by atoms with Crippen LogP contribution >= 0.6 is 0 Å². The molecular formula is C11H9N5. The van der Waals surface area contributed by atoms with E-state index >= 15 is 0 Å². The van der Waals surface area contributed by atoms with Crippen LogP contribution in [0.25, 0.3) is 22.6 Å². The van der Waals surface area contributed by atoms with Crippen LogP contribution in [0.2, 0.25) is 0 Å². The molecule has 0 aliphatic heterocycles. The fraction of sp³-hybridized carbons (Fsp3) is 0.0909. The van der Waals surface area contributed by atoms with E-state index in [0.29, 0.717) is 0 Å². The minimum atomic E-state index is 0.737. The smallest absolute Gasteiger partial charge is 0.158 e. The Hall–Kier alpha value is -2.30. The van der Waals surface area contributed by atoms with Crippen LogP contribution in [0.3, 0.4) is 0 Å². The highest BCUT2D eigenvalue weighted by Gasteiger charge is 2.05. The maximum absolute atomic E-state index is 4.48. The van der Waals surface area contributed by atoms with E-state index in [9.17, 15) is 0 Å². The zero-order valence-electron chi connectivity index (χ0n) is 8.70. The van der Waals surface area contributed by atoms with E-state index in [1.807, 2.05) is 23.9 Å². The van der Waals surface area contributed by atoms with Gasteiger partial charge in [0.2, 0.25) is 0 Å². The molecule has 0 radical (unpaired) electrons. The second-order valence-corrected chi connectivity index (χ2v) is 3.48. The molecule has 0 atom stereocenters. The predicted octanol–water partition coefficient (Wildman–Crippen LogP) is 1.43. The van der Waals surface area contributed by atoms with Crippen LogP contribution in [-0.4, -0.2) is 24.5 Å². The number of fused-ring (bicyclic) bond motifs is 1. The Morgan fingerprint density at radius 3 is 2.81 bits per heavy atom. The summed E-state index contributed by atoms with van der Waals surface area (Å²) in [5.74, 6) is 0. The highest BCUT2D eigenvalue weighted by molar-refractivity contribution is 5.73. The maximum atomic E-state index is 4.48. The fourth-order valence-electron chi connectivity index (χ4n) is 1.59. The lowest BCUT2D eigenvalue weighted by Gasteiger charge is -1.99. The quantitative estimate of drug-likeness (QED) is 0.611.